The van der Waals surface area contributed by atoms with E-state index in [1.165, 1.54) is 6.07 Å². The lowest BCUT2D eigenvalue weighted by Crippen LogP contribution is -1.97. The van der Waals surface area contributed by atoms with Gasteiger partial charge in [-0.3, -0.25) is 0 Å². The standard InChI is InChI=1S/C10H11Br2FO/c11-5-1-2-6-14-8-3-4-10(13)9(12)7-8/h3-4,7H,1-2,5-6H2. The van der Waals surface area contributed by atoms with Crippen LogP contribution in [-0.2, 0) is 0 Å². The van der Waals surface area contributed by atoms with Crippen molar-refractivity contribution in [2.45, 2.75) is 12.8 Å². The number of ether oxygens (including phenoxy) is 1. The Morgan fingerprint density at radius 1 is 1.29 bits per heavy atom. The molecule has 0 radical (unpaired) electrons. The van der Waals surface area contributed by atoms with Crippen molar-refractivity contribution in [1.82, 2.24) is 0 Å². The average molecular weight is 326 g/mol. The number of benzene rings is 1. The molecule has 0 atom stereocenters. The second kappa shape index (κ2) is 6.40. The number of hydrogen-bond donors (Lipinski definition) is 0. The molecule has 0 aliphatic heterocycles. The molecule has 0 fully saturated rings. The van der Waals surface area contributed by atoms with Crippen LogP contribution in [0, 0.1) is 5.82 Å². The lowest BCUT2D eigenvalue weighted by Gasteiger charge is -2.05. The Morgan fingerprint density at radius 2 is 2.07 bits per heavy atom. The summed E-state index contributed by atoms with van der Waals surface area (Å²) < 4.78 is 18.7. The first-order chi connectivity index (χ1) is 6.74. The Kier molecular flexibility index (Phi) is 5.48. The summed E-state index contributed by atoms with van der Waals surface area (Å²) in [5, 5.41) is 0.990. The van der Waals surface area contributed by atoms with Gasteiger partial charge in [0.25, 0.3) is 0 Å². The molecule has 0 aliphatic rings. The largest absolute Gasteiger partial charge is 0.494 e. The van der Waals surface area contributed by atoms with Crippen LogP contribution in [0.1, 0.15) is 12.8 Å². The van der Waals surface area contributed by atoms with Crippen molar-refractivity contribution in [3.8, 4) is 5.75 Å². The minimum Gasteiger partial charge on any atom is -0.494 e. The molecule has 0 saturated carbocycles. The topological polar surface area (TPSA) is 9.23 Å². The summed E-state index contributed by atoms with van der Waals surface area (Å²) >= 11 is 6.45. The zero-order valence-electron chi connectivity index (χ0n) is 7.60. The van der Waals surface area contributed by atoms with E-state index in [4.69, 9.17) is 4.74 Å². The van der Waals surface area contributed by atoms with Crippen LogP contribution in [0.15, 0.2) is 22.7 Å². The lowest BCUT2D eigenvalue weighted by atomic mass is 10.3. The number of rotatable bonds is 5. The molecular formula is C10H11Br2FO. The third kappa shape index (κ3) is 3.96. The highest BCUT2D eigenvalue weighted by Gasteiger charge is 2.00. The fraction of sp³-hybridized carbons (Fsp3) is 0.400. The van der Waals surface area contributed by atoms with Crippen molar-refractivity contribution >= 4 is 31.9 Å². The van der Waals surface area contributed by atoms with Gasteiger partial charge in [-0.15, -0.1) is 0 Å². The predicted molar refractivity (Wildman–Crippen MR) is 62.6 cm³/mol. The second-order valence-corrected chi connectivity index (χ2v) is 4.47. The first-order valence-corrected chi connectivity index (χ1v) is 6.29. The molecule has 1 rings (SSSR count). The molecule has 0 saturated heterocycles. The predicted octanol–water partition coefficient (Wildman–Crippen LogP) is 4.14. The molecule has 0 spiro atoms. The molecule has 4 heteroatoms. The monoisotopic (exact) mass is 324 g/mol. The smallest absolute Gasteiger partial charge is 0.137 e. The lowest BCUT2D eigenvalue weighted by molar-refractivity contribution is 0.309. The molecule has 0 unspecified atom stereocenters. The van der Waals surface area contributed by atoms with E-state index in [1.807, 2.05) is 0 Å². The van der Waals surface area contributed by atoms with Crippen LogP contribution in [0.5, 0.6) is 5.75 Å². The minimum absolute atomic E-state index is 0.266. The molecular weight excluding hydrogens is 315 g/mol. The van der Waals surface area contributed by atoms with Gasteiger partial charge in [0.1, 0.15) is 11.6 Å². The molecule has 78 valence electrons. The first kappa shape index (κ1) is 12.0. The van der Waals surface area contributed by atoms with E-state index in [-0.39, 0.29) is 5.82 Å². The Hall–Kier alpha value is -0.0900. The zero-order chi connectivity index (χ0) is 10.4. The van der Waals surface area contributed by atoms with E-state index >= 15 is 0 Å². The quantitative estimate of drug-likeness (QED) is 0.584. The van der Waals surface area contributed by atoms with Gasteiger partial charge < -0.3 is 4.74 Å². The second-order valence-electron chi connectivity index (χ2n) is 2.82. The summed E-state index contributed by atoms with van der Waals surface area (Å²) in [4.78, 5) is 0. The molecule has 0 heterocycles. The fourth-order valence-corrected chi connectivity index (χ4v) is 1.71. The maximum absolute atomic E-state index is 12.8. The van der Waals surface area contributed by atoms with Gasteiger partial charge in [0.15, 0.2) is 0 Å². The molecule has 0 N–H and O–H groups in total. The van der Waals surface area contributed by atoms with Crippen molar-refractivity contribution in [3.05, 3.63) is 28.5 Å². The molecule has 0 bridgehead atoms. The van der Waals surface area contributed by atoms with E-state index < -0.39 is 0 Å². The van der Waals surface area contributed by atoms with Gasteiger partial charge in [-0.2, -0.15) is 0 Å². The van der Waals surface area contributed by atoms with Crippen LogP contribution in [0.3, 0.4) is 0 Å². The zero-order valence-corrected chi connectivity index (χ0v) is 10.8. The maximum Gasteiger partial charge on any atom is 0.137 e. The Morgan fingerprint density at radius 3 is 2.71 bits per heavy atom. The van der Waals surface area contributed by atoms with Crippen molar-refractivity contribution in [1.29, 1.82) is 0 Å². The van der Waals surface area contributed by atoms with Crippen molar-refractivity contribution < 1.29 is 9.13 Å². The van der Waals surface area contributed by atoms with Gasteiger partial charge >= 0.3 is 0 Å². The molecule has 0 aromatic heterocycles. The normalized spacial score (nSPS) is 10.2. The number of hydrogen-bond acceptors (Lipinski definition) is 1. The van der Waals surface area contributed by atoms with Crippen LogP contribution < -0.4 is 4.74 Å². The average Bonchev–Trinajstić information content (AvgIpc) is 2.18. The van der Waals surface area contributed by atoms with Crippen LogP contribution >= 0.6 is 31.9 Å². The Balaban J connectivity index is 2.39. The van der Waals surface area contributed by atoms with E-state index in [1.54, 1.807) is 12.1 Å². The number of unbranched alkanes of at least 4 members (excludes halogenated alkanes) is 1. The van der Waals surface area contributed by atoms with E-state index in [0.717, 1.165) is 18.2 Å². The SMILES string of the molecule is Fc1ccc(OCCCCBr)cc1Br. The van der Waals surface area contributed by atoms with Crippen LogP contribution in [0.25, 0.3) is 0 Å². The highest BCUT2D eigenvalue weighted by atomic mass is 79.9. The Bertz CT molecular complexity index is 291. The van der Waals surface area contributed by atoms with Gasteiger partial charge in [0.2, 0.25) is 0 Å². The summed E-state index contributed by atoms with van der Waals surface area (Å²) in [6.45, 7) is 0.670. The van der Waals surface area contributed by atoms with Crippen molar-refractivity contribution in [3.63, 3.8) is 0 Å². The van der Waals surface area contributed by atoms with Gasteiger partial charge in [0, 0.05) is 5.33 Å². The van der Waals surface area contributed by atoms with Gasteiger partial charge in [-0.25, -0.2) is 4.39 Å². The number of alkyl halides is 1. The summed E-state index contributed by atoms with van der Waals surface area (Å²) in [5.41, 5.74) is 0. The van der Waals surface area contributed by atoms with Crippen LogP contribution in [0.2, 0.25) is 0 Å². The third-order valence-corrected chi connectivity index (χ3v) is 2.86. The van der Waals surface area contributed by atoms with Crippen LogP contribution in [-0.4, -0.2) is 11.9 Å². The molecule has 1 nitrogen and oxygen atoms in total. The number of halogens is 3. The van der Waals surface area contributed by atoms with Crippen molar-refractivity contribution in [2.24, 2.45) is 0 Å². The summed E-state index contributed by atoms with van der Waals surface area (Å²) in [5.74, 6) is 0.436. The van der Waals surface area contributed by atoms with E-state index in [9.17, 15) is 4.39 Å². The molecule has 0 amide bonds. The summed E-state index contributed by atoms with van der Waals surface area (Å²) in [6.07, 6.45) is 2.09. The van der Waals surface area contributed by atoms with E-state index in [0.29, 0.717) is 16.8 Å². The molecule has 1 aromatic carbocycles. The highest BCUT2D eigenvalue weighted by molar-refractivity contribution is 9.10. The first-order valence-electron chi connectivity index (χ1n) is 4.38. The minimum atomic E-state index is -0.266. The molecule has 1 aromatic rings. The van der Waals surface area contributed by atoms with Gasteiger partial charge in [-0.05, 0) is 47.0 Å². The Labute approximate surface area is 99.9 Å². The summed E-state index contributed by atoms with van der Waals surface area (Å²) in [6, 6.07) is 4.67. The van der Waals surface area contributed by atoms with Crippen LogP contribution in [0.4, 0.5) is 4.39 Å². The van der Waals surface area contributed by atoms with E-state index in [2.05, 4.69) is 31.9 Å². The third-order valence-electron chi connectivity index (χ3n) is 1.69. The highest BCUT2D eigenvalue weighted by Crippen LogP contribution is 2.21. The van der Waals surface area contributed by atoms with Gasteiger partial charge in [-0.1, -0.05) is 15.9 Å². The van der Waals surface area contributed by atoms with Crippen molar-refractivity contribution in [2.75, 3.05) is 11.9 Å². The molecule has 0 aliphatic carbocycles. The summed E-state index contributed by atoms with van der Waals surface area (Å²) in [7, 11) is 0. The maximum atomic E-state index is 12.8. The fourth-order valence-electron chi connectivity index (χ4n) is 0.953. The van der Waals surface area contributed by atoms with Gasteiger partial charge in [0.05, 0.1) is 11.1 Å². The molecule has 14 heavy (non-hydrogen) atoms.